The van der Waals surface area contributed by atoms with Gasteiger partial charge in [-0.3, -0.25) is 0 Å². The number of hydrogen-bond donors (Lipinski definition) is 1. The second-order valence-electron chi connectivity index (χ2n) is 2.51. The Bertz CT molecular complexity index is 203. The molecule has 2 rings (SSSR count). The number of hydrogen-bond acceptors (Lipinski definition) is 3. The molecule has 4 heteroatoms. The quantitative estimate of drug-likeness (QED) is 0.628. The highest BCUT2D eigenvalue weighted by atomic mass is 16.5. The van der Waals surface area contributed by atoms with E-state index in [-0.39, 0.29) is 0 Å². The zero-order chi connectivity index (χ0) is 7.52. The number of imidazole rings is 1. The molecule has 0 bridgehead atoms. The van der Waals surface area contributed by atoms with E-state index in [4.69, 9.17) is 4.74 Å². The van der Waals surface area contributed by atoms with E-state index in [1.165, 1.54) is 0 Å². The van der Waals surface area contributed by atoms with Crippen molar-refractivity contribution in [2.24, 2.45) is 0 Å². The standard InChI is InChI=1S/C7H11N3O/c1-2-9-7(8-1)10-3-5-11-6-4-10/h1-2H,3-6H2,(H,8,9). The third kappa shape index (κ3) is 1.35. The van der Waals surface area contributed by atoms with E-state index in [0.717, 1.165) is 32.3 Å². The smallest absolute Gasteiger partial charge is 0.202 e. The average molecular weight is 153 g/mol. The molecule has 2 heterocycles. The number of anilines is 1. The Balaban J connectivity index is 2.04. The molecular weight excluding hydrogens is 142 g/mol. The maximum atomic E-state index is 5.21. The van der Waals surface area contributed by atoms with Crippen molar-refractivity contribution in [2.75, 3.05) is 31.2 Å². The highest BCUT2D eigenvalue weighted by Gasteiger charge is 2.11. The molecule has 60 valence electrons. The van der Waals surface area contributed by atoms with Crippen molar-refractivity contribution in [3.8, 4) is 0 Å². The van der Waals surface area contributed by atoms with Crippen LogP contribution >= 0.6 is 0 Å². The van der Waals surface area contributed by atoms with E-state index >= 15 is 0 Å². The molecule has 0 amide bonds. The predicted molar refractivity (Wildman–Crippen MR) is 41.6 cm³/mol. The van der Waals surface area contributed by atoms with Gasteiger partial charge in [0.2, 0.25) is 5.95 Å². The fourth-order valence-corrected chi connectivity index (χ4v) is 1.21. The zero-order valence-electron chi connectivity index (χ0n) is 6.29. The van der Waals surface area contributed by atoms with Crippen molar-refractivity contribution >= 4 is 5.95 Å². The van der Waals surface area contributed by atoms with Crippen molar-refractivity contribution < 1.29 is 4.74 Å². The van der Waals surface area contributed by atoms with Crippen LogP contribution in [-0.2, 0) is 4.74 Å². The summed E-state index contributed by atoms with van der Waals surface area (Å²) in [6, 6.07) is 0. The van der Waals surface area contributed by atoms with Crippen molar-refractivity contribution in [3.05, 3.63) is 12.4 Å². The Morgan fingerprint density at radius 1 is 1.45 bits per heavy atom. The molecule has 0 saturated carbocycles. The number of ether oxygens (including phenoxy) is 1. The fraction of sp³-hybridized carbons (Fsp3) is 0.571. The zero-order valence-corrected chi connectivity index (χ0v) is 6.29. The molecule has 0 radical (unpaired) electrons. The van der Waals surface area contributed by atoms with Crippen molar-refractivity contribution in [3.63, 3.8) is 0 Å². The maximum Gasteiger partial charge on any atom is 0.202 e. The lowest BCUT2D eigenvalue weighted by Crippen LogP contribution is -2.36. The molecule has 1 aliphatic rings. The number of morpholine rings is 1. The Labute approximate surface area is 65.2 Å². The third-order valence-electron chi connectivity index (χ3n) is 1.79. The monoisotopic (exact) mass is 153 g/mol. The van der Waals surface area contributed by atoms with Gasteiger partial charge in [-0.05, 0) is 0 Å². The van der Waals surface area contributed by atoms with Gasteiger partial charge in [-0.25, -0.2) is 4.98 Å². The van der Waals surface area contributed by atoms with Crippen LogP contribution < -0.4 is 4.90 Å². The van der Waals surface area contributed by atoms with Gasteiger partial charge in [-0.2, -0.15) is 0 Å². The number of H-pyrrole nitrogens is 1. The lowest BCUT2D eigenvalue weighted by atomic mass is 10.4. The summed E-state index contributed by atoms with van der Waals surface area (Å²) < 4.78 is 5.21. The first kappa shape index (κ1) is 6.67. The summed E-state index contributed by atoms with van der Waals surface area (Å²) in [7, 11) is 0. The van der Waals surface area contributed by atoms with Crippen LogP contribution in [0.2, 0.25) is 0 Å². The molecule has 0 unspecified atom stereocenters. The Morgan fingerprint density at radius 3 is 2.91 bits per heavy atom. The van der Waals surface area contributed by atoms with Crippen LogP contribution in [0.3, 0.4) is 0 Å². The molecule has 1 aromatic rings. The molecule has 4 nitrogen and oxygen atoms in total. The summed E-state index contributed by atoms with van der Waals surface area (Å²) in [6.07, 6.45) is 3.61. The SMILES string of the molecule is c1c[nH]c(N2CCOCC2)n1. The van der Waals surface area contributed by atoms with Gasteiger partial charge in [0.05, 0.1) is 13.2 Å². The van der Waals surface area contributed by atoms with Crippen molar-refractivity contribution in [1.29, 1.82) is 0 Å². The minimum Gasteiger partial charge on any atom is -0.378 e. The van der Waals surface area contributed by atoms with Gasteiger partial charge in [0.1, 0.15) is 0 Å². The van der Waals surface area contributed by atoms with Gasteiger partial charge < -0.3 is 14.6 Å². The van der Waals surface area contributed by atoms with Crippen molar-refractivity contribution in [1.82, 2.24) is 9.97 Å². The molecule has 1 saturated heterocycles. The van der Waals surface area contributed by atoms with Crippen LogP contribution in [0.4, 0.5) is 5.95 Å². The number of aromatic nitrogens is 2. The topological polar surface area (TPSA) is 41.2 Å². The highest BCUT2D eigenvalue weighted by molar-refractivity contribution is 5.28. The first-order valence-electron chi connectivity index (χ1n) is 3.79. The van der Waals surface area contributed by atoms with Gasteiger partial charge in [-0.15, -0.1) is 0 Å². The van der Waals surface area contributed by atoms with Crippen molar-refractivity contribution in [2.45, 2.75) is 0 Å². The largest absolute Gasteiger partial charge is 0.378 e. The lowest BCUT2D eigenvalue weighted by molar-refractivity contribution is 0.122. The molecule has 0 spiro atoms. The molecule has 0 aromatic carbocycles. The average Bonchev–Trinajstić information content (AvgIpc) is 2.58. The molecular formula is C7H11N3O. The molecule has 1 aliphatic heterocycles. The summed E-state index contributed by atoms with van der Waals surface area (Å²) >= 11 is 0. The summed E-state index contributed by atoms with van der Waals surface area (Å²) in [5, 5.41) is 0. The number of nitrogens with zero attached hydrogens (tertiary/aromatic N) is 2. The summed E-state index contributed by atoms with van der Waals surface area (Å²) in [6.45, 7) is 3.49. The number of aromatic amines is 1. The van der Waals surface area contributed by atoms with Gasteiger partial charge in [0, 0.05) is 25.5 Å². The molecule has 1 aromatic heterocycles. The Hall–Kier alpha value is -1.03. The van der Waals surface area contributed by atoms with Crippen LogP contribution in [0.5, 0.6) is 0 Å². The van der Waals surface area contributed by atoms with Crippen LogP contribution in [0.25, 0.3) is 0 Å². The van der Waals surface area contributed by atoms with Crippen LogP contribution in [0.1, 0.15) is 0 Å². The minimum atomic E-state index is 0.806. The molecule has 1 fully saturated rings. The lowest BCUT2D eigenvalue weighted by Gasteiger charge is -2.25. The minimum absolute atomic E-state index is 0.806. The van der Waals surface area contributed by atoms with E-state index in [1.54, 1.807) is 6.20 Å². The summed E-state index contributed by atoms with van der Waals surface area (Å²) in [4.78, 5) is 9.40. The van der Waals surface area contributed by atoms with Crippen LogP contribution in [0.15, 0.2) is 12.4 Å². The van der Waals surface area contributed by atoms with E-state index in [1.807, 2.05) is 6.20 Å². The van der Waals surface area contributed by atoms with Gasteiger partial charge in [0.15, 0.2) is 0 Å². The molecule has 0 atom stereocenters. The summed E-state index contributed by atoms with van der Waals surface area (Å²) in [5.41, 5.74) is 0. The Kier molecular flexibility index (Phi) is 1.77. The molecule has 1 N–H and O–H groups in total. The van der Waals surface area contributed by atoms with E-state index < -0.39 is 0 Å². The van der Waals surface area contributed by atoms with Crippen LogP contribution in [0, 0.1) is 0 Å². The third-order valence-corrected chi connectivity index (χ3v) is 1.79. The number of nitrogens with one attached hydrogen (secondary N) is 1. The van der Waals surface area contributed by atoms with E-state index in [9.17, 15) is 0 Å². The Morgan fingerprint density at radius 2 is 2.27 bits per heavy atom. The fourth-order valence-electron chi connectivity index (χ4n) is 1.21. The van der Waals surface area contributed by atoms with E-state index in [0.29, 0.717) is 0 Å². The van der Waals surface area contributed by atoms with Gasteiger partial charge in [0.25, 0.3) is 0 Å². The number of rotatable bonds is 1. The second kappa shape index (κ2) is 2.92. The molecule has 0 aliphatic carbocycles. The maximum absolute atomic E-state index is 5.21. The van der Waals surface area contributed by atoms with E-state index in [2.05, 4.69) is 14.9 Å². The highest BCUT2D eigenvalue weighted by Crippen LogP contribution is 2.07. The van der Waals surface area contributed by atoms with Gasteiger partial charge >= 0.3 is 0 Å². The van der Waals surface area contributed by atoms with Crippen LogP contribution in [-0.4, -0.2) is 36.3 Å². The first-order chi connectivity index (χ1) is 5.47. The first-order valence-corrected chi connectivity index (χ1v) is 3.79. The van der Waals surface area contributed by atoms with Gasteiger partial charge in [-0.1, -0.05) is 0 Å². The second-order valence-corrected chi connectivity index (χ2v) is 2.51. The normalized spacial score (nSPS) is 18.7. The molecule has 11 heavy (non-hydrogen) atoms. The predicted octanol–water partition coefficient (Wildman–Crippen LogP) is 0.246. The summed E-state index contributed by atoms with van der Waals surface area (Å²) in [5.74, 6) is 0.952.